The quantitative estimate of drug-likeness (QED) is 0.766. The molecule has 2 rings (SSSR count). The zero-order valence-electron chi connectivity index (χ0n) is 10.9. The van der Waals surface area contributed by atoms with Crippen LogP contribution in [0.1, 0.15) is 18.4 Å². The van der Waals surface area contributed by atoms with Gasteiger partial charge in [-0.05, 0) is 31.5 Å². The van der Waals surface area contributed by atoms with Gasteiger partial charge in [0, 0.05) is 6.54 Å². The summed E-state index contributed by atoms with van der Waals surface area (Å²) in [6.07, 6.45) is 0.188. The minimum absolute atomic E-state index is 0.166. The fourth-order valence-corrected chi connectivity index (χ4v) is 2.40. The number of carbonyl (C=O) groups is 1. The topological polar surface area (TPSA) is 72.8 Å². The standard InChI is InChI=1S/C14H20N2O3/c17-13(18)16(10-12-4-2-1-3-5-12)11-14(19)6-8-15-9-7-14/h1-5,15,19H,6-11H2,(H,17,18). The average molecular weight is 264 g/mol. The molecule has 0 unspecified atom stereocenters. The molecule has 0 aliphatic carbocycles. The molecule has 1 amide bonds. The molecule has 1 aliphatic rings. The Balaban J connectivity index is 2.02. The van der Waals surface area contributed by atoms with Crippen molar-refractivity contribution in [3.8, 4) is 0 Å². The summed E-state index contributed by atoms with van der Waals surface area (Å²) in [5.74, 6) is 0. The Hall–Kier alpha value is -1.59. The van der Waals surface area contributed by atoms with Gasteiger partial charge in [0.1, 0.15) is 0 Å². The van der Waals surface area contributed by atoms with Gasteiger partial charge in [-0.2, -0.15) is 0 Å². The predicted octanol–water partition coefficient (Wildman–Crippen LogP) is 1.28. The average Bonchev–Trinajstić information content (AvgIpc) is 2.39. The van der Waals surface area contributed by atoms with Crippen LogP contribution in [-0.4, -0.2) is 46.4 Å². The molecule has 5 heteroatoms. The fraction of sp³-hybridized carbons (Fsp3) is 0.500. The van der Waals surface area contributed by atoms with Crippen LogP contribution >= 0.6 is 0 Å². The number of benzene rings is 1. The number of aliphatic hydroxyl groups is 1. The molecule has 0 saturated carbocycles. The van der Waals surface area contributed by atoms with Gasteiger partial charge in [-0.25, -0.2) is 4.79 Å². The van der Waals surface area contributed by atoms with Gasteiger partial charge in [-0.15, -0.1) is 0 Å². The minimum atomic E-state index is -0.990. The highest BCUT2D eigenvalue weighted by Gasteiger charge is 2.32. The predicted molar refractivity (Wildman–Crippen MR) is 71.9 cm³/mol. The smallest absolute Gasteiger partial charge is 0.407 e. The number of nitrogens with zero attached hydrogens (tertiary/aromatic N) is 1. The zero-order chi connectivity index (χ0) is 13.7. The summed E-state index contributed by atoms with van der Waals surface area (Å²) < 4.78 is 0. The number of carboxylic acid groups (broad SMARTS) is 1. The van der Waals surface area contributed by atoms with Crippen molar-refractivity contribution in [3.05, 3.63) is 35.9 Å². The Morgan fingerprint density at radius 2 is 1.89 bits per heavy atom. The summed E-state index contributed by atoms with van der Waals surface area (Å²) in [6.45, 7) is 1.94. The molecule has 19 heavy (non-hydrogen) atoms. The Labute approximate surface area is 112 Å². The summed E-state index contributed by atoms with van der Waals surface area (Å²) in [5, 5.41) is 22.9. The molecule has 1 fully saturated rings. The van der Waals surface area contributed by atoms with E-state index in [1.165, 1.54) is 4.90 Å². The van der Waals surface area contributed by atoms with Crippen molar-refractivity contribution in [2.75, 3.05) is 19.6 Å². The maximum absolute atomic E-state index is 11.3. The Bertz CT molecular complexity index is 416. The van der Waals surface area contributed by atoms with Gasteiger partial charge in [-0.1, -0.05) is 30.3 Å². The lowest BCUT2D eigenvalue weighted by Crippen LogP contribution is -2.50. The Kier molecular flexibility index (Phi) is 4.39. The van der Waals surface area contributed by atoms with Crippen molar-refractivity contribution in [1.29, 1.82) is 0 Å². The maximum Gasteiger partial charge on any atom is 0.407 e. The highest BCUT2D eigenvalue weighted by molar-refractivity contribution is 5.65. The summed E-state index contributed by atoms with van der Waals surface area (Å²) in [4.78, 5) is 12.6. The third kappa shape index (κ3) is 3.94. The number of rotatable bonds is 4. The van der Waals surface area contributed by atoms with Gasteiger partial charge in [0.05, 0.1) is 12.1 Å². The summed E-state index contributed by atoms with van der Waals surface area (Å²) in [5.41, 5.74) is 0.0285. The second-order valence-electron chi connectivity index (χ2n) is 5.10. The first-order chi connectivity index (χ1) is 9.09. The van der Waals surface area contributed by atoms with Gasteiger partial charge in [-0.3, -0.25) is 0 Å². The van der Waals surface area contributed by atoms with Crippen LogP contribution in [0.3, 0.4) is 0 Å². The highest BCUT2D eigenvalue weighted by Crippen LogP contribution is 2.20. The van der Waals surface area contributed by atoms with Gasteiger partial charge >= 0.3 is 6.09 Å². The van der Waals surface area contributed by atoms with Gasteiger partial charge in [0.2, 0.25) is 0 Å². The van der Waals surface area contributed by atoms with Crippen molar-refractivity contribution in [2.24, 2.45) is 0 Å². The van der Waals surface area contributed by atoms with Crippen molar-refractivity contribution in [1.82, 2.24) is 10.2 Å². The molecule has 1 aromatic carbocycles. The molecule has 0 atom stereocenters. The van der Waals surface area contributed by atoms with E-state index in [2.05, 4.69) is 5.32 Å². The van der Waals surface area contributed by atoms with E-state index < -0.39 is 11.7 Å². The molecule has 5 nitrogen and oxygen atoms in total. The molecule has 1 aliphatic heterocycles. The lowest BCUT2D eigenvalue weighted by atomic mass is 9.92. The van der Waals surface area contributed by atoms with E-state index in [4.69, 9.17) is 0 Å². The highest BCUT2D eigenvalue weighted by atomic mass is 16.4. The van der Waals surface area contributed by atoms with Gasteiger partial charge in [0.25, 0.3) is 0 Å². The van der Waals surface area contributed by atoms with Crippen LogP contribution in [0.15, 0.2) is 30.3 Å². The van der Waals surface area contributed by atoms with E-state index in [9.17, 15) is 15.0 Å². The number of amides is 1. The molecule has 0 radical (unpaired) electrons. The molecular formula is C14H20N2O3. The van der Waals surface area contributed by atoms with Crippen LogP contribution in [0.4, 0.5) is 4.79 Å². The van der Waals surface area contributed by atoms with Crippen LogP contribution < -0.4 is 5.32 Å². The summed E-state index contributed by atoms with van der Waals surface area (Å²) in [7, 11) is 0. The van der Waals surface area contributed by atoms with E-state index >= 15 is 0 Å². The number of nitrogens with one attached hydrogen (secondary N) is 1. The van der Waals surface area contributed by atoms with Crippen LogP contribution in [0, 0.1) is 0 Å². The molecule has 0 spiro atoms. The fourth-order valence-electron chi connectivity index (χ4n) is 2.40. The summed E-state index contributed by atoms with van der Waals surface area (Å²) in [6, 6.07) is 9.45. The first-order valence-corrected chi connectivity index (χ1v) is 6.54. The molecule has 104 valence electrons. The van der Waals surface area contributed by atoms with Crippen LogP contribution in [0.5, 0.6) is 0 Å². The van der Waals surface area contributed by atoms with E-state index in [0.29, 0.717) is 19.4 Å². The third-order valence-electron chi connectivity index (χ3n) is 3.51. The number of hydrogen-bond donors (Lipinski definition) is 3. The molecule has 0 aromatic heterocycles. The molecular weight excluding hydrogens is 244 g/mol. The second kappa shape index (κ2) is 6.04. The van der Waals surface area contributed by atoms with Crippen LogP contribution in [0.25, 0.3) is 0 Å². The van der Waals surface area contributed by atoms with Crippen molar-refractivity contribution in [3.63, 3.8) is 0 Å². The van der Waals surface area contributed by atoms with Gasteiger partial charge < -0.3 is 20.4 Å². The van der Waals surface area contributed by atoms with Crippen molar-refractivity contribution >= 4 is 6.09 Å². The molecule has 3 N–H and O–H groups in total. The van der Waals surface area contributed by atoms with E-state index in [-0.39, 0.29) is 6.54 Å². The lowest BCUT2D eigenvalue weighted by molar-refractivity contribution is -0.0188. The monoisotopic (exact) mass is 264 g/mol. The Morgan fingerprint density at radius 3 is 2.47 bits per heavy atom. The lowest BCUT2D eigenvalue weighted by Gasteiger charge is -2.36. The van der Waals surface area contributed by atoms with E-state index in [0.717, 1.165) is 18.7 Å². The third-order valence-corrected chi connectivity index (χ3v) is 3.51. The first-order valence-electron chi connectivity index (χ1n) is 6.54. The largest absolute Gasteiger partial charge is 0.465 e. The molecule has 1 saturated heterocycles. The first kappa shape index (κ1) is 13.8. The summed E-state index contributed by atoms with van der Waals surface area (Å²) >= 11 is 0. The minimum Gasteiger partial charge on any atom is -0.465 e. The number of piperidine rings is 1. The SMILES string of the molecule is O=C(O)N(Cc1ccccc1)CC1(O)CCNCC1. The van der Waals surface area contributed by atoms with Crippen molar-refractivity contribution in [2.45, 2.75) is 25.0 Å². The Morgan fingerprint density at radius 1 is 1.26 bits per heavy atom. The molecule has 1 aromatic rings. The molecule has 0 bridgehead atoms. The normalized spacial score (nSPS) is 17.9. The van der Waals surface area contributed by atoms with Crippen molar-refractivity contribution < 1.29 is 15.0 Å². The zero-order valence-corrected chi connectivity index (χ0v) is 10.9. The van der Waals surface area contributed by atoms with E-state index in [1.807, 2.05) is 30.3 Å². The number of hydrogen-bond acceptors (Lipinski definition) is 3. The van der Waals surface area contributed by atoms with Crippen LogP contribution in [0.2, 0.25) is 0 Å². The maximum atomic E-state index is 11.3. The molecule has 1 heterocycles. The van der Waals surface area contributed by atoms with Gasteiger partial charge in [0.15, 0.2) is 0 Å². The van der Waals surface area contributed by atoms with Crippen LogP contribution in [-0.2, 0) is 6.54 Å². The van der Waals surface area contributed by atoms with E-state index in [1.54, 1.807) is 0 Å². The second-order valence-corrected chi connectivity index (χ2v) is 5.10.